The quantitative estimate of drug-likeness (QED) is 0.746. The molecule has 3 aromatic rings. The number of rotatable bonds is 4. The highest BCUT2D eigenvalue weighted by molar-refractivity contribution is 6.13. The van der Waals surface area contributed by atoms with Gasteiger partial charge >= 0.3 is 6.61 Å². The maximum Gasteiger partial charge on any atom is 0.387 e. The first-order valence-electron chi connectivity index (χ1n) is 8.38. The molecule has 0 fully saturated rings. The number of hydrogen-bond donors (Lipinski definition) is 1. The average molecular weight is 354 g/mol. The third kappa shape index (κ3) is 3.10. The van der Waals surface area contributed by atoms with Crippen LogP contribution in [0.25, 0.3) is 10.9 Å². The Kier molecular flexibility index (Phi) is 4.24. The van der Waals surface area contributed by atoms with E-state index in [1.165, 1.54) is 12.1 Å². The van der Waals surface area contributed by atoms with Gasteiger partial charge in [0.25, 0.3) is 5.91 Å². The van der Waals surface area contributed by atoms with E-state index in [1.807, 2.05) is 24.3 Å². The van der Waals surface area contributed by atoms with Crippen LogP contribution in [0.4, 0.5) is 14.5 Å². The number of amides is 1. The van der Waals surface area contributed by atoms with E-state index >= 15 is 0 Å². The first kappa shape index (κ1) is 16.4. The molecule has 0 bridgehead atoms. The summed E-state index contributed by atoms with van der Waals surface area (Å²) in [6.45, 7) is -2.87. The molecule has 0 radical (unpaired) electrons. The maximum absolute atomic E-state index is 13.0. The van der Waals surface area contributed by atoms with Crippen LogP contribution in [-0.2, 0) is 12.8 Å². The second-order valence-corrected chi connectivity index (χ2v) is 6.14. The minimum atomic E-state index is -2.87. The van der Waals surface area contributed by atoms with Crippen LogP contribution in [-0.4, -0.2) is 17.5 Å². The number of nitrogens with one attached hydrogen (secondary N) is 1. The van der Waals surface area contributed by atoms with Gasteiger partial charge in [-0.15, -0.1) is 0 Å². The van der Waals surface area contributed by atoms with Crippen molar-refractivity contribution in [1.82, 2.24) is 4.98 Å². The Bertz CT molecular complexity index is 971. The van der Waals surface area contributed by atoms with Crippen molar-refractivity contribution in [2.24, 2.45) is 0 Å². The molecule has 0 saturated heterocycles. The molecule has 4 rings (SSSR count). The van der Waals surface area contributed by atoms with E-state index in [2.05, 4.69) is 15.0 Å². The van der Waals surface area contributed by atoms with E-state index in [0.29, 0.717) is 11.3 Å². The van der Waals surface area contributed by atoms with Crippen molar-refractivity contribution < 1.29 is 18.3 Å². The number of benzene rings is 2. The zero-order valence-corrected chi connectivity index (χ0v) is 13.8. The molecule has 1 aliphatic rings. The maximum atomic E-state index is 13.0. The molecule has 1 aliphatic carbocycles. The number of alkyl halides is 2. The zero-order chi connectivity index (χ0) is 18.1. The van der Waals surface area contributed by atoms with Gasteiger partial charge in [-0.05, 0) is 55.2 Å². The van der Waals surface area contributed by atoms with Gasteiger partial charge in [0.05, 0.1) is 11.1 Å². The third-order valence-corrected chi connectivity index (χ3v) is 4.48. The highest BCUT2D eigenvalue weighted by atomic mass is 19.3. The van der Waals surface area contributed by atoms with Crippen LogP contribution in [0.1, 0.15) is 28.0 Å². The molecule has 4 nitrogen and oxygen atoms in total. The summed E-state index contributed by atoms with van der Waals surface area (Å²) < 4.78 is 28.8. The van der Waals surface area contributed by atoms with Crippen molar-refractivity contribution in [3.8, 4) is 5.75 Å². The third-order valence-electron chi connectivity index (χ3n) is 4.48. The van der Waals surface area contributed by atoms with Gasteiger partial charge in [0.2, 0.25) is 0 Å². The molecule has 0 atom stereocenters. The Hall–Kier alpha value is -3.02. The molecule has 0 spiro atoms. The van der Waals surface area contributed by atoms with E-state index in [9.17, 15) is 13.6 Å². The van der Waals surface area contributed by atoms with E-state index in [0.717, 1.165) is 41.4 Å². The smallest absolute Gasteiger partial charge is 0.387 e. The lowest BCUT2D eigenvalue weighted by atomic mass is 10.0. The van der Waals surface area contributed by atoms with Crippen molar-refractivity contribution >= 4 is 22.5 Å². The summed E-state index contributed by atoms with van der Waals surface area (Å²) in [5, 5.41) is 3.67. The van der Waals surface area contributed by atoms with Crippen LogP contribution in [0.15, 0.2) is 48.5 Å². The number of aryl methyl sites for hydroxylation is 1. The second kappa shape index (κ2) is 6.71. The molecular weight excluding hydrogens is 338 g/mol. The molecule has 2 aromatic carbocycles. The lowest BCUT2D eigenvalue weighted by molar-refractivity contribution is -0.0498. The number of aromatic nitrogens is 1. The number of carbonyl (C=O) groups is 1. The Morgan fingerprint density at radius 1 is 1.08 bits per heavy atom. The van der Waals surface area contributed by atoms with Crippen LogP contribution >= 0.6 is 0 Å². The number of fused-ring (bicyclic) bond motifs is 2. The molecule has 1 heterocycles. The summed E-state index contributed by atoms with van der Waals surface area (Å²) in [4.78, 5) is 17.6. The predicted molar refractivity (Wildman–Crippen MR) is 94.8 cm³/mol. The van der Waals surface area contributed by atoms with Gasteiger partial charge in [-0.25, -0.2) is 0 Å². The summed E-state index contributed by atoms with van der Waals surface area (Å²) in [6, 6.07) is 13.5. The van der Waals surface area contributed by atoms with E-state index in [4.69, 9.17) is 0 Å². The van der Waals surface area contributed by atoms with Crippen LogP contribution in [0.3, 0.4) is 0 Å². The molecule has 6 heteroatoms. The monoisotopic (exact) mass is 354 g/mol. The summed E-state index contributed by atoms with van der Waals surface area (Å²) in [5.41, 5.74) is 3.95. The van der Waals surface area contributed by atoms with Gasteiger partial charge in [-0.2, -0.15) is 8.78 Å². The van der Waals surface area contributed by atoms with E-state index in [1.54, 1.807) is 12.1 Å². The molecule has 1 N–H and O–H groups in total. The topological polar surface area (TPSA) is 51.2 Å². The highest BCUT2D eigenvalue weighted by Crippen LogP contribution is 2.30. The summed E-state index contributed by atoms with van der Waals surface area (Å²) >= 11 is 0. The van der Waals surface area contributed by atoms with Gasteiger partial charge in [0.15, 0.2) is 0 Å². The second-order valence-electron chi connectivity index (χ2n) is 6.14. The van der Waals surface area contributed by atoms with E-state index < -0.39 is 6.61 Å². The highest BCUT2D eigenvalue weighted by Gasteiger charge is 2.23. The number of hydrogen-bond acceptors (Lipinski definition) is 3. The van der Waals surface area contributed by atoms with Crippen LogP contribution in [0.5, 0.6) is 5.75 Å². The largest absolute Gasteiger partial charge is 0.435 e. The SMILES string of the molecule is O=C(Nc1ccc(OC(F)F)cc1)c1c2c(nc3ccccc13)CCC2. The fraction of sp³-hybridized carbons (Fsp3) is 0.200. The first-order valence-corrected chi connectivity index (χ1v) is 8.38. The number of anilines is 1. The van der Waals surface area contributed by atoms with Gasteiger partial charge in [0, 0.05) is 16.8 Å². The molecule has 132 valence electrons. The van der Waals surface area contributed by atoms with Crippen LogP contribution in [0.2, 0.25) is 0 Å². The number of halogens is 2. The average Bonchev–Trinajstić information content (AvgIpc) is 3.08. The fourth-order valence-electron chi connectivity index (χ4n) is 3.38. The Labute approximate surface area is 148 Å². The number of ether oxygens (including phenoxy) is 1. The van der Waals surface area contributed by atoms with Crippen molar-refractivity contribution in [2.45, 2.75) is 25.9 Å². The first-order chi connectivity index (χ1) is 12.6. The summed E-state index contributed by atoms with van der Waals surface area (Å²) in [6.07, 6.45) is 2.69. The molecular formula is C20H16F2N2O2. The Balaban J connectivity index is 1.66. The Morgan fingerprint density at radius 3 is 2.62 bits per heavy atom. The van der Waals surface area contributed by atoms with Gasteiger partial charge in [-0.3, -0.25) is 9.78 Å². The van der Waals surface area contributed by atoms with Crippen LogP contribution in [0, 0.1) is 0 Å². The standard InChI is InChI=1S/C20H16F2N2O2/c21-20(22)26-13-10-8-12(9-11-13)23-19(25)18-14-4-1-2-6-16(14)24-17-7-3-5-15(17)18/h1-2,4,6,8-11,20H,3,5,7H2,(H,23,25). The fourth-order valence-corrected chi connectivity index (χ4v) is 3.38. The van der Waals surface area contributed by atoms with Crippen molar-refractivity contribution in [3.63, 3.8) is 0 Å². The lowest BCUT2D eigenvalue weighted by Crippen LogP contribution is -2.15. The van der Waals surface area contributed by atoms with Crippen molar-refractivity contribution in [2.75, 3.05) is 5.32 Å². The Morgan fingerprint density at radius 2 is 1.85 bits per heavy atom. The van der Waals surface area contributed by atoms with Gasteiger partial charge < -0.3 is 10.1 Å². The molecule has 0 unspecified atom stereocenters. The number of para-hydroxylation sites is 1. The van der Waals surface area contributed by atoms with Crippen molar-refractivity contribution in [3.05, 3.63) is 65.4 Å². The minimum Gasteiger partial charge on any atom is -0.435 e. The van der Waals surface area contributed by atoms with Crippen LogP contribution < -0.4 is 10.1 Å². The number of pyridine rings is 1. The molecule has 1 aromatic heterocycles. The normalized spacial score (nSPS) is 13.0. The number of carbonyl (C=O) groups excluding carboxylic acids is 1. The predicted octanol–water partition coefficient (Wildman–Crippen LogP) is 4.58. The van der Waals surface area contributed by atoms with Crippen molar-refractivity contribution in [1.29, 1.82) is 0 Å². The lowest BCUT2D eigenvalue weighted by Gasteiger charge is -2.13. The zero-order valence-electron chi connectivity index (χ0n) is 13.8. The molecule has 0 aliphatic heterocycles. The van der Waals surface area contributed by atoms with E-state index in [-0.39, 0.29) is 11.7 Å². The summed E-state index contributed by atoms with van der Waals surface area (Å²) in [7, 11) is 0. The molecule has 26 heavy (non-hydrogen) atoms. The minimum absolute atomic E-state index is 0.0493. The summed E-state index contributed by atoms with van der Waals surface area (Å²) in [5.74, 6) is -0.169. The number of nitrogens with zero attached hydrogens (tertiary/aromatic N) is 1. The molecule has 1 amide bonds. The van der Waals surface area contributed by atoms with Gasteiger partial charge in [0.1, 0.15) is 5.75 Å². The van der Waals surface area contributed by atoms with Gasteiger partial charge in [-0.1, -0.05) is 18.2 Å². The molecule has 0 saturated carbocycles.